The summed E-state index contributed by atoms with van der Waals surface area (Å²) in [5.74, 6) is -4.88. The van der Waals surface area contributed by atoms with E-state index in [9.17, 15) is 27.8 Å². The minimum Gasteiger partial charge on any atom is -0.382 e. The molecule has 0 saturated heterocycles. The topological polar surface area (TPSA) is 149 Å². The minimum atomic E-state index is -1.91. The fourth-order valence-electron chi connectivity index (χ4n) is 3.91. The highest BCUT2D eigenvalue weighted by Crippen LogP contribution is 2.34. The number of aromatic nitrogens is 6. The lowest BCUT2D eigenvalue weighted by Gasteiger charge is -2.31. The monoisotopic (exact) mass is 556 g/mol. The molecular formula is C26H24F4N8O2. The molecule has 4 atom stereocenters. The summed E-state index contributed by atoms with van der Waals surface area (Å²) in [5, 5.41) is 47.1. The van der Waals surface area contributed by atoms with Gasteiger partial charge in [-0.05, 0) is 50.2 Å². The summed E-state index contributed by atoms with van der Waals surface area (Å²) < 4.78 is 57.0. The van der Waals surface area contributed by atoms with Crippen LogP contribution in [0.5, 0.6) is 0 Å². The first-order valence-electron chi connectivity index (χ1n) is 11.7. The molecule has 4 aromatic rings. The van der Waals surface area contributed by atoms with Crippen LogP contribution in [0.1, 0.15) is 25.0 Å². The van der Waals surface area contributed by atoms with Crippen LogP contribution < -0.4 is 0 Å². The minimum absolute atomic E-state index is 0.206. The van der Waals surface area contributed by atoms with E-state index in [-0.39, 0.29) is 24.2 Å². The van der Waals surface area contributed by atoms with Crippen LogP contribution in [0.4, 0.5) is 17.6 Å². The van der Waals surface area contributed by atoms with Crippen molar-refractivity contribution >= 4 is 0 Å². The maximum atomic E-state index is 13.9. The van der Waals surface area contributed by atoms with Gasteiger partial charge in [0.1, 0.15) is 59.8 Å². The zero-order valence-electron chi connectivity index (χ0n) is 21.3. The smallest absolute Gasteiger partial charge is 0.137 e. The molecule has 2 N–H and O–H groups in total. The number of hydrogen-bond donors (Lipinski definition) is 2. The molecule has 14 heteroatoms. The van der Waals surface area contributed by atoms with Crippen molar-refractivity contribution in [1.82, 2.24) is 29.5 Å². The van der Waals surface area contributed by atoms with Crippen molar-refractivity contribution in [3.63, 3.8) is 0 Å². The molecule has 40 heavy (non-hydrogen) atoms. The van der Waals surface area contributed by atoms with Crippen LogP contribution in [0.3, 0.4) is 0 Å². The number of nitriles is 2. The molecular weight excluding hydrogens is 532 g/mol. The summed E-state index contributed by atoms with van der Waals surface area (Å²) in [5.41, 5.74) is -4.37. The van der Waals surface area contributed by atoms with Crippen LogP contribution in [0.2, 0.25) is 0 Å². The van der Waals surface area contributed by atoms with Crippen molar-refractivity contribution in [2.24, 2.45) is 11.8 Å². The Hall–Kier alpha value is -4.66. The van der Waals surface area contributed by atoms with Crippen molar-refractivity contribution in [2.45, 2.75) is 38.1 Å². The van der Waals surface area contributed by atoms with Gasteiger partial charge in [-0.2, -0.15) is 20.7 Å². The molecule has 0 saturated carbocycles. The highest BCUT2D eigenvalue weighted by Gasteiger charge is 2.40. The molecule has 0 unspecified atom stereocenters. The van der Waals surface area contributed by atoms with Crippen molar-refractivity contribution < 1.29 is 27.8 Å². The zero-order valence-corrected chi connectivity index (χ0v) is 21.3. The molecule has 0 fully saturated rings. The van der Waals surface area contributed by atoms with Crippen LogP contribution >= 0.6 is 0 Å². The molecule has 2 aromatic carbocycles. The molecule has 0 radical (unpaired) electrons. The summed E-state index contributed by atoms with van der Waals surface area (Å²) in [6, 6.07) is 9.24. The van der Waals surface area contributed by atoms with Gasteiger partial charge < -0.3 is 10.2 Å². The van der Waals surface area contributed by atoms with Gasteiger partial charge in [-0.3, -0.25) is 0 Å². The zero-order chi connectivity index (χ0) is 29.5. The van der Waals surface area contributed by atoms with E-state index in [4.69, 9.17) is 10.5 Å². The fourth-order valence-corrected chi connectivity index (χ4v) is 3.91. The standard InChI is InChI=1S/2C13H12F2N4O/c2*1-9(5-16)13(20,6-19-8-17-7-18-19)11-4-10(14)2-3-12(11)15/h2*2-4,7-9,20H,6H2,1H3/t2*9-,13+/m10/s1. The van der Waals surface area contributed by atoms with Crippen LogP contribution in [0, 0.1) is 57.8 Å². The number of nitrogens with zero attached hydrogens (tertiary/aromatic N) is 8. The first kappa shape index (κ1) is 29.9. The Morgan fingerprint density at radius 2 is 1.12 bits per heavy atom. The van der Waals surface area contributed by atoms with Gasteiger partial charge >= 0.3 is 0 Å². The Morgan fingerprint density at radius 1 is 0.750 bits per heavy atom. The largest absolute Gasteiger partial charge is 0.382 e. The SMILES string of the molecule is C[C@@H](C#N)[C@](O)(Cn1cncn1)c1cc(F)ccc1F.C[C@H](C#N)[C@@](O)(Cn1cncn1)c1cc(F)ccc1F. The maximum Gasteiger partial charge on any atom is 0.137 e. The lowest BCUT2D eigenvalue weighted by Crippen LogP contribution is -2.38. The number of aliphatic hydroxyl groups is 2. The average molecular weight is 557 g/mol. The van der Waals surface area contributed by atoms with Gasteiger partial charge in [0.05, 0.1) is 37.1 Å². The van der Waals surface area contributed by atoms with E-state index in [0.717, 1.165) is 36.4 Å². The molecule has 2 aromatic heterocycles. The Kier molecular flexibility index (Phi) is 9.31. The molecule has 0 spiro atoms. The molecule has 0 aliphatic rings. The summed E-state index contributed by atoms with van der Waals surface area (Å²) in [4.78, 5) is 7.43. The molecule has 0 amide bonds. The molecule has 4 rings (SSSR count). The van der Waals surface area contributed by atoms with Crippen molar-refractivity contribution in [3.05, 3.63) is 96.1 Å². The van der Waals surface area contributed by atoms with Crippen molar-refractivity contribution in [1.29, 1.82) is 10.5 Å². The van der Waals surface area contributed by atoms with E-state index < -0.39 is 46.3 Å². The number of hydrogen-bond acceptors (Lipinski definition) is 8. The third kappa shape index (κ3) is 6.48. The molecule has 0 bridgehead atoms. The molecule has 208 valence electrons. The van der Waals surface area contributed by atoms with Crippen LogP contribution in [-0.2, 0) is 24.3 Å². The van der Waals surface area contributed by atoms with Gasteiger partial charge in [-0.15, -0.1) is 0 Å². The van der Waals surface area contributed by atoms with E-state index in [0.29, 0.717) is 0 Å². The summed E-state index contributed by atoms with van der Waals surface area (Å²) >= 11 is 0. The molecule has 0 aliphatic carbocycles. The second-order valence-corrected chi connectivity index (χ2v) is 8.98. The van der Waals surface area contributed by atoms with E-state index in [1.807, 2.05) is 12.1 Å². The normalized spacial score (nSPS) is 15.3. The summed E-state index contributed by atoms with van der Waals surface area (Å²) in [7, 11) is 0. The molecule has 0 aliphatic heterocycles. The Balaban J connectivity index is 0.000000220. The van der Waals surface area contributed by atoms with Crippen LogP contribution in [0.25, 0.3) is 0 Å². The highest BCUT2D eigenvalue weighted by atomic mass is 19.1. The highest BCUT2D eigenvalue weighted by molar-refractivity contribution is 5.28. The number of benzene rings is 2. The van der Waals surface area contributed by atoms with E-state index >= 15 is 0 Å². The predicted octanol–water partition coefficient (Wildman–Crippen LogP) is 3.21. The Morgan fingerprint density at radius 3 is 1.43 bits per heavy atom. The van der Waals surface area contributed by atoms with Gasteiger partial charge in [0.2, 0.25) is 0 Å². The molecule has 2 heterocycles. The quantitative estimate of drug-likeness (QED) is 0.314. The van der Waals surface area contributed by atoms with Gasteiger partial charge in [0.25, 0.3) is 0 Å². The Labute approximate surface area is 226 Å². The first-order chi connectivity index (χ1) is 18.9. The first-order valence-corrected chi connectivity index (χ1v) is 11.7. The summed E-state index contributed by atoms with van der Waals surface area (Å²) in [6.45, 7) is 2.45. The summed E-state index contributed by atoms with van der Waals surface area (Å²) in [6.07, 6.45) is 5.15. The van der Waals surface area contributed by atoms with Gasteiger partial charge in [0.15, 0.2) is 0 Å². The van der Waals surface area contributed by atoms with Gasteiger partial charge in [-0.1, -0.05) is 0 Å². The van der Waals surface area contributed by atoms with Crippen molar-refractivity contribution in [3.8, 4) is 12.1 Å². The van der Waals surface area contributed by atoms with E-state index in [1.165, 1.54) is 48.5 Å². The lowest BCUT2D eigenvalue weighted by molar-refractivity contribution is -0.0203. The number of rotatable bonds is 8. The van der Waals surface area contributed by atoms with Crippen LogP contribution in [0.15, 0.2) is 61.7 Å². The maximum absolute atomic E-state index is 13.9. The Bertz CT molecular complexity index is 1390. The van der Waals surface area contributed by atoms with E-state index in [2.05, 4.69) is 20.2 Å². The fraction of sp³-hybridized carbons (Fsp3) is 0.308. The van der Waals surface area contributed by atoms with E-state index in [1.54, 1.807) is 0 Å². The van der Waals surface area contributed by atoms with Crippen LogP contribution in [-0.4, -0.2) is 39.7 Å². The second kappa shape index (κ2) is 12.5. The third-order valence-electron chi connectivity index (χ3n) is 6.35. The predicted molar refractivity (Wildman–Crippen MR) is 130 cm³/mol. The van der Waals surface area contributed by atoms with Gasteiger partial charge in [0, 0.05) is 11.1 Å². The molecule has 10 nitrogen and oxygen atoms in total. The average Bonchev–Trinajstić information content (AvgIpc) is 3.65. The third-order valence-corrected chi connectivity index (χ3v) is 6.35. The number of halogens is 4. The van der Waals surface area contributed by atoms with Crippen molar-refractivity contribution in [2.75, 3.05) is 0 Å². The second-order valence-electron chi connectivity index (χ2n) is 8.98. The van der Waals surface area contributed by atoms with Gasteiger partial charge in [-0.25, -0.2) is 36.9 Å². The lowest BCUT2D eigenvalue weighted by atomic mass is 9.82.